The summed E-state index contributed by atoms with van der Waals surface area (Å²) in [5.41, 5.74) is 3.72. The minimum atomic E-state index is -0.440. The second-order valence-electron chi connectivity index (χ2n) is 8.17. The highest BCUT2D eigenvalue weighted by Crippen LogP contribution is 2.23. The molecule has 8 nitrogen and oxygen atoms in total. The highest BCUT2D eigenvalue weighted by Gasteiger charge is 2.18. The lowest BCUT2D eigenvalue weighted by Crippen LogP contribution is -2.39. The van der Waals surface area contributed by atoms with Gasteiger partial charge < -0.3 is 15.4 Å². The summed E-state index contributed by atoms with van der Waals surface area (Å²) in [5.74, 6) is 0.232. The molecule has 0 bridgehead atoms. The number of aromatic nitrogens is 3. The second kappa shape index (κ2) is 9.10. The van der Waals surface area contributed by atoms with Gasteiger partial charge in [-0.25, -0.2) is 4.52 Å². The molecular formula is C25H24N6O2. The standard InChI is InChI=1S/C25H24N6O2/c1-25(2,33-3)16-27-23(32)18-9-6-8-17(13-18)20-11-12-22-29-24(30-31(22)15-20)28-21-10-5-4-7-19(21)14-26/h4-13,15H,16H2,1-3H3,(H,27,32)(H,28,30). The Morgan fingerprint density at radius 2 is 1.94 bits per heavy atom. The van der Waals surface area contributed by atoms with Crippen LogP contribution in [0, 0.1) is 11.3 Å². The number of rotatable bonds is 7. The summed E-state index contributed by atoms with van der Waals surface area (Å²) < 4.78 is 7.03. The Kier molecular flexibility index (Phi) is 6.07. The zero-order chi connectivity index (χ0) is 23.4. The quantitative estimate of drug-likeness (QED) is 0.447. The number of anilines is 2. The van der Waals surface area contributed by atoms with Gasteiger partial charge in [-0.05, 0) is 55.8 Å². The molecule has 2 N–H and O–H groups in total. The number of hydrogen-bond acceptors (Lipinski definition) is 6. The van der Waals surface area contributed by atoms with Gasteiger partial charge in [0.1, 0.15) is 6.07 Å². The van der Waals surface area contributed by atoms with Crippen LogP contribution in [-0.4, -0.2) is 39.8 Å². The Labute approximate surface area is 191 Å². The number of amides is 1. The molecule has 4 rings (SSSR count). The van der Waals surface area contributed by atoms with Gasteiger partial charge >= 0.3 is 0 Å². The summed E-state index contributed by atoms with van der Waals surface area (Å²) in [4.78, 5) is 17.1. The molecule has 2 heterocycles. The van der Waals surface area contributed by atoms with Gasteiger partial charge in [0.2, 0.25) is 5.95 Å². The van der Waals surface area contributed by atoms with Crippen LogP contribution in [0.2, 0.25) is 0 Å². The van der Waals surface area contributed by atoms with Crippen molar-refractivity contribution >= 4 is 23.2 Å². The molecule has 0 saturated carbocycles. The van der Waals surface area contributed by atoms with Gasteiger partial charge in [0, 0.05) is 31.0 Å². The number of pyridine rings is 1. The SMILES string of the molecule is COC(C)(C)CNC(=O)c1cccc(-c2ccc3nc(Nc4ccccc4C#N)nn3c2)c1. The number of para-hydroxylation sites is 1. The monoisotopic (exact) mass is 440 g/mol. The first-order valence-corrected chi connectivity index (χ1v) is 10.4. The van der Waals surface area contributed by atoms with Crippen molar-refractivity contribution in [3.8, 4) is 17.2 Å². The van der Waals surface area contributed by atoms with Crippen molar-refractivity contribution in [1.82, 2.24) is 19.9 Å². The Bertz CT molecular complexity index is 1350. The average Bonchev–Trinajstić information content (AvgIpc) is 3.24. The van der Waals surface area contributed by atoms with Crippen LogP contribution in [0.1, 0.15) is 29.8 Å². The summed E-state index contributed by atoms with van der Waals surface area (Å²) in [7, 11) is 1.62. The van der Waals surface area contributed by atoms with Crippen LogP contribution in [0.25, 0.3) is 16.8 Å². The molecule has 0 fully saturated rings. The maximum atomic E-state index is 12.6. The van der Waals surface area contributed by atoms with E-state index in [4.69, 9.17) is 4.74 Å². The Balaban J connectivity index is 1.56. The van der Waals surface area contributed by atoms with Crippen LogP contribution in [0.3, 0.4) is 0 Å². The van der Waals surface area contributed by atoms with E-state index in [1.165, 1.54) is 0 Å². The fraction of sp³-hybridized carbons (Fsp3) is 0.200. The number of carbonyl (C=O) groups is 1. The van der Waals surface area contributed by atoms with Gasteiger partial charge in [0.15, 0.2) is 5.65 Å². The number of fused-ring (bicyclic) bond motifs is 1. The first-order chi connectivity index (χ1) is 15.9. The van der Waals surface area contributed by atoms with Crippen molar-refractivity contribution in [2.75, 3.05) is 19.0 Å². The van der Waals surface area contributed by atoms with E-state index in [0.29, 0.717) is 35.0 Å². The summed E-state index contributed by atoms with van der Waals surface area (Å²) in [6.45, 7) is 4.24. The first kappa shape index (κ1) is 22.0. The van der Waals surface area contributed by atoms with Gasteiger partial charge in [-0.1, -0.05) is 24.3 Å². The molecule has 0 unspecified atom stereocenters. The van der Waals surface area contributed by atoms with Crippen LogP contribution in [-0.2, 0) is 4.74 Å². The molecule has 2 aromatic heterocycles. The topological polar surface area (TPSA) is 104 Å². The number of carbonyl (C=O) groups excluding carboxylic acids is 1. The molecule has 2 aromatic carbocycles. The van der Waals surface area contributed by atoms with Gasteiger partial charge in [-0.2, -0.15) is 10.2 Å². The molecule has 0 spiro atoms. The predicted molar refractivity (Wildman–Crippen MR) is 126 cm³/mol. The maximum absolute atomic E-state index is 12.6. The molecule has 0 aliphatic rings. The number of hydrogen-bond donors (Lipinski definition) is 2. The minimum Gasteiger partial charge on any atom is -0.377 e. The van der Waals surface area contributed by atoms with E-state index in [1.54, 1.807) is 35.9 Å². The third-order valence-corrected chi connectivity index (χ3v) is 5.31. The largest absolute Gasteiger partial charge is 0.377 e. The smallest absolute Gasteiger partial charge is 0.251 e. The van der Waals surface area contributed by atoms with Crippen LogP contribution in [0.15, 0.2) is 66.9 Å². The van der Waals surface area contributed by atoms with Crippen LogP contribution in [0.5, 0.6) is 0 Å². The number of nitriles is 1. The van der Waals surface area contributed by atoms with E-state index in [1.807, 2.05) is 56.4 Å². The van der Waals surface area contributed by atoms with Crippen molar-refractivity contribution in [1.29, 1.82) is 5.26 Å². The van der Waals surface area contributed by atoms with E-state index in [0.717, 1.165) is 11.1 Å². The molecule has 0 saturated heterocycles. The summed E-state index contributed by atoms with van der Waals surface area (Å²) in [6, 6.07) is 20.5. The Morgan fingerprint density at radius 3 is 2.73 bits per heavy atom. The van der Waals surface area contributed by atoms with Crippen molar-refractivity contribution in [3.05, 3.63) is 78.0 Å². The third-order valence-electron chi connectivity index (χ3n) is 5.31. The lowest BCUT2D eigenvalue weighted by molar-refractivity contribution is 0.0229. The maximum Gasteiger partial charge on any atom is 0.251 e. The molecule has 166 valence electrons. The molecule has 4 aromatic rings. The molecular weight excluding hydrogens is 416 g/mol. The van der Waals surface area contributed by atoms with Crippen molar-refractivity contribution in [2.24, 2.45) is 0 Å². The molecule has 1 amide bonds. The lowest BCUT2D eigenvalue weighted by Gasteiger charge is -2.23. The molecule has 0 aliphatic heterocycles. The van der Waals surface area contributed by atoms with Gasteiger partial charge in [0.25, 0.3) is 5.91 Å². The van der Waals surface area contributed by atoms with Gasteiger partial charge in [-0.15, -0.1) is 5.10 Å². The predicted octanol–water partition coefficient (Wildman–Crippen LogP) is 4.17. The van der Waals surface area contributed by atoms with E-state index < -0.39 is 5.60 Å². The Hall–Kier alpha value is -4.22. The normalized spacial score (nSPS) is 11.2. The molecule has 8 heteroatoms. The Morgan fingerprint density at radius 1 is 1.12 bits per heavy atom. The highest BCUT2D eigenvalue weighted by atomic mass is 16.5. The molecule has 33 heavy (non-hydrogen) atoms. The second-order valence-corrected chi connectivity index (χ2v) is 8.17. The summed E-state index contributed by atoms with van der Waals surface area (Å²) in [6.07, 6.45) is 1.86. The van der Waals surface area contributed by atoms with E-state index >= 15 is 0 Å². The third kappa shape index (κ3) is 5.00. The number of nitrogens with zero attached hydrogens (tertiary/aromatic N) is 4. The average molecular weight is 441 g/mol. The minimum absolute atomic E-state index is 0.161. The number of nitrogens with one attached hydrogen (secondary N) is 2. The zero-order valence-corrected chi connectivity index (χ0v) is 18.7. The van der Waals surface area contributed by atoms with Gasteiger partial charge in [0.05, 0.1) is 16.9 Å². The number of ether oxygens (including phenoxy) is 1. The van der Waals surface area contributed by atoms with Crippen LogP contribution in [0.4, 0.5) is 11.6 Å². The van der Waals surface area contributed by atoms with Crippen molar-refractivity contribution in [3.63, 3.8) is 0 Å². The fourth-order valence-corrected chi connectivity index (χ4v) is 3.22. The molecule has 0 aliphatic carbocycles. The number of benzene rings is 2. The van der Waals surface area contributed by atoms with Crippen LogP contribution < -0.4 is 10.6 Å². The highest BCUT2D eigenvalue weighted by molar-refractivity contribution is 5.95. The van der Waals surface area contributed by atoms with Crippen molar-refractivity contribution in [2.45, 2.75) is 19.4 Å². The van der Waals surface area contributed by atoms with E-state index in [9.17, 15) is 10.1 Å². The lowest BCUT2D eigenvalue weighted by atomic mass is 10.0. The van der Waals surface area contributed by atoms with Crippen LogP contribution >= 0.6 is 0 Å². The van der Waals surface area contributed by atoms with Crippen molar-refractivity contribution < 1.29 is 9.53 Å². The van der Waals surface area contributed by atoms with Gasteiger partial charge in [-0.3, -0.25) is 4.79 Å². The summed E-state index contributed by atoms with van der Waals surface area (Å²) >= 11 is 0. The molecule has 0 radical (unpaired) electrons. The molecule has 0 atom stereocenters. The number of methoxy groups -OCH3 is 1. The summed E-state index contributed by atoms with van der Waals surface area (Å²) in [5, 5.41) is 19.8. The first-order valence-electron chi connectivity index (χ1n) is 10.4. The van der Waals surface area contributed by atoms with E-state index in [2.05, 4.69) is 26.8 Å². The zero-order valence-electron chi connectivity index (χ0n) is 18.7. The van der Waals surface area contributed by atoms with E-state index in [-0.39, 0.29) is 5.91 Å². The fourth-order valence-electron chi connectivity index (χ4n) is 3.22.